The van der Waals surface area contributed by atoms with Crippen LogP contribution in [0.2, 0.25) is 0 Å². The summed E-state index contributed by atoms with van der Waals surface area (Å²) in [6.45, 7) is 2.11. The zero-order chi connectivity index (χ0) is 12.3. The van der Waals surface area contributed by atoms with E-state index in [9.17, 15) is 4.39 Å². The smallest absolute Gasteiger partial charge is 0.125 e. The Balaban J connectivity index is 2.19. The van der Waals surface area contributed by atoms with E-state index in [0.29, 0.717) is 5.69 Å². The van der Waals surface area contributed by atoms with Crippen molar-refractivity contribution in [1.29, 1.82) is 0 Å². The van der Waals surface area contributed by atoms with Gasteiger partial charge in [0.2, 0.25) is 0 Å². The minimum Gasteiger partial charge on any atom is -0.397 e. The van der Waals surface area contributed by atoms with Gasteiger partial charge in [-0.25, -0.2) is 4.39 Å². The van der Waals surface area contributed by atoms with Gasteiger partial charge in [0.15, 0.2) is 0 Å². The number of nitrogens with one attached hydrogen (secondary N) is 1. The van der Waals surface area contributed by atoms with Crippen molar-refractivity contribution in [3.63, 3.8) is 0 Å². The van der Waals surface area contributed by atoms with E-state index in [-0.39, 0.29) is 5.82 Å². The predicted octanol–water partition coefficient (Wildman–Crippen LogP) is 3.71. The summed E-state index contributed by atoms with van der Waals surface area (Å²) in [6.07, 6.45) is 1.01. The molecule has 0 aliphatic heterocycles. The summed E-state index contributed by atoms with van der Waals surface area (Å²) >= 11 is 0. The van der Waals surface area contributed by atoms with Crippen LogP contribution in [0.3, 0.4) is 0 Å². The fourth-order valence-electron chi connectivity index (χ4n) is 1.63. The molecule has 0 radical (unpaired) electrons. The average Bonchev–Trinajstić information content (AvgIpc) is 2.34. The number of nitrogens with two attached hydrogens (primary N) is 1. The second-order valence-electron chi connectivity index (χ2n) is 3.91. The van der Waals surface area contributed by atoms with Crippen LogP contribution in [-0.2, 0) is 6.42 Å². The first-order valence-corrected chi connectivity index (χ1v) is 5.60. The molecular formula is C14H15FN2. The first-order chi connectivity index (χ1) is 8.19. The summed E-state index contributed by atoms with van der Waals surface area (Å²) in [6, 6.07) is 12.4. The highest BCUT2D eigenvalue weighted by atomic mass is 19.1. The zero-order valence-electron chi connectivity index (χ0n) is 9.70. The highest BCUT2D eigenvalue weighted by molar-refractivity contribution is 5.72. The molecule has 3 N–H and O–H groups in total. The summed E-state index contributed by atoms with van der Waals surface area (Å²) in [4.78, 5) is 0. The van der Waals surface area contributed by atoms with Gasteiger partial charge in [0, 0.05) is 5.69 Å². The lowest BCUT2D eigenvalue weighted by Gasteiger charge is -2.09. The van der Waals surface area contributed by atoms with E-state index >= 15 is 0 Å². The van der Waals surface area contributed by atoms with Crippen molar-refractivity contribution in [2.24, 2.45) is 0 Å². The topological polar surface area (TPSA) is 38.0 Å². The van der Waals surface area contributed by atoms with Crippen LogP contribution < -0.4 is 11.1 Å². The van der Waals surface area contributed by atoms with Crippen LogP contribution >= 0.6 is 0 Å². The predicted molar refractivity (Wildman–Crippen MR) is 69.9 cm³/mol. The third-order valence-corrected chi connectivity index (χ3v) is 2.65. The van der Waals surface area contributed by atoms with Crippen LogP contribution in [0.5, 0.6) is 0 Å². The van der Waals surface area contributed by atoms with Crippen molar-refractivity contribution < 1.29 is 4.39 Å². The third-order valence-electron chi connectivity index (χ3n) is 2.65. The molecule has 0 amide bonds. The molecule has 17 heavy (non-hydrogen) atoms. The first-order valence-electron chi connectivity index (χ1n) is 5.60. The Morgan fingerprint density at radius 1 is 1.12 bits per heavy atom. The van der Waals surface area contributed by atoms with E-state index in [1.54, 1.807) is 6.07 Å². The Hall–Kier alpha value is -2.03. The number of benzene rings is 2. The van der Waals surface area contributed by atoms with E-state index in [0.717, 1.165) is 17.8 Å². The Bertz CT molecular complexity index is 506. The van der Waals surface area contributed by atoms with Crippen molar-refractivity contribution >= 4 is 17.1 Å². The second kappa shape index (κ2) is 4.87. The average molecular weight is 230 g/mol. The molecule has 0 fully saturated rings. The summed E-state index contributed by atoms with van der Waals surface area (Å²) in [5.41, 5.74) is 9.07. The van der Waals surface area contributed by atoms with E-state index in [1.165, 1.54) is 17.7 Å². The largest absolute Gasteiger partial charge is 0.397 e. The van der Waals surface area contributed by atoms with Crippen molar-refractivity contribution in [1.82, 2.24) is 0 Å². The van der Waals surface area contributed by atoms with Gasteiger partial charge in [-0.15, -0.1) is 0 Å². The lowest BCUT2D eigenvalue weighted by Crippen LogP contribution is -1.97. The quantitative estimate of drug-likeness (QED) is 0.789. The number of hydrogen-bond acceptors (Lipinski definition) is 2. The lowest BCUT2D eigenvalue weighted by atomic mass is 10.1. The molecule has 0 saturated carbocycles. The Labute approximate surface area is 100 Å². The number of nitrogen functional groups attached to an aromatic ring is 1. The standard InChI is InChI=1S/C14H15FN2/c1-2-10-3-6-12(7-4-10)17-14-8-5-11(15)9-13(14)16/h3-9,17H,2,16H2,1H3. The van der Waals surface area contributed by atoms with Crippen molar-refractivity contribution in [2.45, 2.75) is 13.3 Å². The van der Waals surface area contributed by atoms with E-state index in [4.69, 9.17) is 5.73 Å². The number of anilines is 3. The van der Waals surface area contributed by atoms with Crippen LogP contribution in [0.15, 0.2) is 42.5 Å². The van der Waals surface area contributed by atoms with Crippen molar-refractivity contribution in [2.75, 3.05) is 11.1 Å². The molecule has 0 aliphatic carbocycles. The van der Waals surface area contributed by atoms with Gasteiger partial charge in [0.1, 0.15) is 5.82 Å². The maximum atomic E-state index is 12.9. The second-order valence-corrected chi connectivity index (χ2v) is 3.91. The van der Waals surface area contributed by atoms with Crippen LogP contribution in [0, 0.1) is 5.82 Å². The molecule has 0 saturated heterocycles. The number of halogens is 1. The number of rotatable bonds is 3. The molecule has 2 rings (SSSR count). The number of hydrogen-bond donors (Lipinski definition) is 2. The summed E-state index contributed by atoms with van der Waals surface area (Å²) in [5, 5.41) is 3.16. The number of aryl methyl sites for hydroxylation is 1. The molecular weight excluding hydrogens is 215 g/mol. The van der Waals surface area contributed by atoms with Gasteiger partial charge in [-0.3, -0.25) is 0 Å². The van der Waals surface area contributed by atoms with Gasteiger partial charge in [0.05, 0.1) is 11.4 Å². The summed E-state index contributed by atoms with van der Waals surface area (Å²) in [7, 11) is 0. The van der Waals surface area contributed by atoms with Gasteiger partial charge >= 0.3 is 0 Å². The molecule has 3 heteroatoms. The summed E-state index contributed by atoms with van der Waals surface area (Å²) in [5.74, 6) is -0.325. The van der Waals surface area contributed by atoms with Crippen LogP contribution in [0.25, 0.3) is 0 Å². The van der Waals surface area contributed by atoms with Crippen LogP contribution in [0.4, 0.5) is 21.5 Å². The highest BCUT2D eigenvalue weighted by Crippen LogP contribution is 2.23. The van der Waals surface area contributed by atoms with Crippen LogP contribution in [-0.4, -0.2) is 0 Å². The molecule has 0 spiro atoms. The van der Waals surface area contributed by atoms with E-state index in [2.05, 4.69) is 24.4 Å². The molecule has 2 aromatic carbocycles. The Kier molecular flexibility index (Phi) is 3.28. The minimum absolute atomic E-state index is 0.325. The lowest BCUT2D eigenvalue weighted by molar-refractivity contribution is 0.628. The monoisotopic (exact) mass is 230 g/mol. The molecule has 2 aromatic rings. The first kappa shape index (κ1) is 11.5. The SMILES string of the molecule is CCc1ccc(Nc2ccc(F)cc2N)cc1. The molecule has 0 aliphatic rings. The third kappa shape index (κ3) is 2.75. The Morgan fingerprint density at radius 2 is 1.82 bits per heavy atom. The molecule has 0 heterocycles. The molecule has 0 aromatic heterocycles. The fraction of sp³-hybridized carbons (Fsp3) is 0.143. The fourth-order valence-corrected chi connectivity index (χ4v) is 1.63. The van der Waals surface area contributed by atoms with Gasteiger partial charge in [-0.05, 0) is 42.3 Å². The minimum atomic E-state index is -0.325. The zero-order valence-corrected chi connectivity index (χ0v) is 9.70. The van der Waals surface area contributed by atoms with Gasteiger partial charge in [0.25, 0.3) is 0 Å². The van der Waals surface area contributed by atoms with Gasteiger partial charge in [-0.2, -0.15) is 0 Å². The van der Waals surface area contributed by atoms with Crippen LogP contribution in [0.1, 0.15) is 12.5 Å². The summed E-state index contributed by atoms with van der Waals surface area (Å²) < 4.78 is 12.9. The normalized spacial score (nSPS) is 10.2. The molecule has 2 nitrogen and oxygen atoms in total. The Morgan fingerprint density at radius 3 is 2.41 bits per heavy atom. The molecule has 0 bridgehead atoms. The highest BCUT2D eigenvalue weighted by Gasteiger charge is 2.01. The molecule has 0 atom stereocenters. The maximum Gasteiger partial charge on any atom is 0.125 e. The maximum absolute atomic E-state index is 12.9. The van der Waals surface area contributed by atoms with Gasteiger partial charge in [-0.1, -0.05) is 19.1 Å². The van der Waals surface area contributed by atoms with Crippen molar-refractivity contribution in [3.8, 4) is 0 Å². The van der Waals surface area contributed by atoms with Gasteiger partial charge < -0.3 is 11.1 Å². The van der Waals surface area contributed by atoms with E-state index in [1.807, 2.05) is 12.1 Å². The molecule has 0 unspecified atom stereocenters. The van der Waals surface area contributed by atoms with E-state index < -0.39 is 0 Å². The van der Waals surface area contributed by atoms with Crippen molar-refractivity contribution in [3.05, 3.63) is 53.8 Å². The molecule has 88 valence electrons.